The summed E-state index contributed by atoms with van der Waals surface area (Å²) < 4.78 is 4.92. The molecule has 0 spiro atoms. The van der Waals surface area contributed by atoms with Crippen molar-refractivity contribution in [3.8, 4) is 0 Å². The summed E-state index contributed by atoms with van der Waals surface area (Å²) in [6, 6.07) is -0.497. The summed E-state index contributed by atoms with van der Waals surface area (Å²) in [5.41, 5.74) is 5.76. The fourth-order valence-corrected chi connectivity index (χ4v) is 2.28. The van der Waals surface area contributed by atoms with Gasteiger partial charge in [-0.15, -0.1) is 12.4 Å². The molecule has 0 aromatic heterocycles. The van der Waals surface area contributed by atoms with Crippen molar-refractivity contribution in [1.82, 2.24) is 4.90 Å². The number of hydrogen-bond donors (Lipinski definition) is 1. The van der Waals surface area contributed by atoms with Crippen molar-refractivity contribution in [2.75, 3.05) is 26.8 Å². The summed E-state index contributed by atoms with van der Waals surface area (Å²) in [6.07, 6.45) is 4.66. The molecule has 5 heteroatoms. The first-order chi connectivity index (χ1) is 7.69. The van der Waals surface area contributed by atoms with Crippen LogP contribution in [-0.2, 0) is 9.53 Å². The zero-order chi connectivity index (χ0) is 12.0. The standard InChI is InChI=1S/C12H24N2O2.ClH/c1-3-10-5-4-7-14(8-6-10)12(15)11(13)9-16-2;/h10-11H,3-9,13H2,1-2H3;1H. The van der Waals surface area contributed by atoms with Crippen LogP contribution in [-0.4, -0.2) is 43.7 Å². The van der Waals surface area contributed by atoms with Gasteiger partial charge in [-0.2, -0.15) is 0 Å². The molecule has 0 aliphatic carbocycles. The highest BCUT2D eigenvalue weighted by Crippen LogP contribution is 2.20. The second-order valence-corrected chi connectivity index (χ2v) is 4.59. The van der Waals surface area contributed by atoms with Crippen LogP contribution in [0.1, 0.15) is 32.6 Å². The van der Waals surface area contributed by atoms with Gasteiger partial charge in [0.2, 0.25) is 5.91 Å². The molecule has 0 aromatic carbocycles. The predicted octanol–water partition coefficient (Wildman–Crippen LogP) is 1.42. The van der Waals surface area contributed by atoms with E-state index in [0.717, 1.165) is 31.8 Å². The average molecular weight is 265 g/mol. The lowest BCUT2D eigenvalue weighted by atomic mass is 9.98. The van der Waals surface area contributed by atoms with E-state index in [1.54, 1.807) is 7.11 Å². The van der Waals surface area contributed by atoms with E-state index in [1.807, 2.05) is 4.90 Å². The van der Waals surface area contributed by atoms with E-state index in [0.29, 0.717) is 6.61 Å². The maximum absolute atomic E-state index is 12.0. The Kier molecular flexibility index (Phi) is 8.56. The summed E-state index contributed by atoms with van der Waals surface area (Å²) >= 11 is 0. The van der Waals surface area contributed by atoms with Gasteiger partial charge < -0.3 is 15.4 Å². The smallest absolute Gasteiger partial charge is 0.241 e. The quantitative estimate of drug-likeness (QED) is 0.836. The van der Waals surface area contributed by atoms with Crippen LogP contribution >= 0.6 is 12.4 Å². The molecule has 2 unspecified atom stereocenters. The maximum Gasteiger partial charge on any atom is 0.241 e. The molecule has 1 heterocycles. The van der Waals surface area contributed by atoms with Crippen LogP contribution < -0.4 is 5.73 Å². The normalized spacial score (nSPS) is 22.5. The summed E-state index contributed by atoms with van der Waals surface area (Å²) in [7, 11) is 1.57. The van der Waals surface area contributed by atoms with Gasteiger partial charge in [0, 0.05) is 20.2 Å². The first-order valence-corrected chi connectivity index (χ1v) is 6.22. The summed E-state index contributed by atoms with van der Waals surface area (Å²) in [6.45, 7) is 4.24. The van der Waals surface area contributed by atoms with E-state index in [-0.39, 0.29) is 18.3 Å². The third-order valence-corrected chi connectivity index (χ3v) is 3.40. The fraction of sp³-hybridized carbons (Fsp3) is 0.917. The molecule has 1 aliphatic rings. The van der Waals surface area contributed by atoms with Crippen LogP contribution in [0.25, 0.3) is 0 Å². The Morgan fingerprint density at radius 1 is 1.47 bits per heavy atom. The van der Waals surface area contributed by atoms with Crippen LogP contribution in [0.4, 0.5) is 0 Å². The Balaban J connectivity index is 0.00000256. The van der Waals surface area contributed by atoms with Crippen molar-refractivity contribution in [2.45, 2.75) is 38.6 Å². The van der Waals surface area contributed by atoms with Crippen LogP contribution in [0.5, 0.6) is 0 Å². The van der Waals surface area contributed by atoms with Crippen molar-refractivity contribution >= 4 is 18.3 Å². The maximum atomic E-state index is 12.0. The average Bonchev–Trinajstić information content (AvgIpc) is 2.53. The van der Waals surface area contributed by atoms with Gasteiger partial charge in [0.1, 0.15) is 6.04 Å². The summed E-state index contributed by atoms with van der Waals surface area (Å²) in [5.74, 6) is 0.815. The van der Waals surface area contributed by atoms with Crippen LogP contribution in [0.3, 0.4) is 0 Å². The monoisotopic (exact) mass is 264 g/mol. The predicted molar refractivity (Wildman–Crippen MR) is 71.3 cm³/mol. The number of hydrogen-bond acceptors (Lipinski definition) is 3. The molecule has 1 fully saturated rings. The molecule has 17 heavy (non-hydrogen) atoms. The number of rotatable bonds is 4. The van der Waals surface area contributed by atoms with Gasteiger partial charge in [-0.3, -0.25) is 4.79 Å². The molecule has 1 amide bonds. The highest BCUT2D eigenvalue weighted by Gasteiger charge is 2.23. The van der Waals surface area contributed by atoms with E-state index in [2.05, 4.69) is 6.92 Å². The zero-order valence-electron chi connectivity index (χ0n) is 10.9. The molecule has 0 saturated carbocycles. The molecule has 1 rings (SSSR count). The summed E-state index contributed by atoms with van der Waals surface area (Å²) in [5, 5.41) is 0. The Hall–Kier alpha value is -0.320. The van der Waals surface area contributed by atoms with Gasteiger partial charge in [0.25, 0.3) is 0 Å². The van der Waals surface area contributed by atoms with E-state index >= 15 is 0 Å². The number of halogens is 1. The highest BCUT2D eigenvalue weighted by atomic mass is 35.5. The van der Waals surface area contributed by atoms with Crippen LogP contribution in [0.15, 0.2) is 0 Å². The topological polar surface area (TPSA) is 55.6 Å². The third kappa shape index (κ3) is 5.23. The van der Waals surface area contributed by atoms with Gasteiger partial charge in [0.05, 0.1) is 6.61 Å². The van der Waals surface area contributed by atoms with Crippen molar-refractivity contribution < 1.29 is 9.53 Å². The molecule has 1 aliphatic heterocycles. The molecule has 102 valence electrons. The second kappa shape index (κ2) is 8.72. The lowest BCUT2D eigenvalue weighted by Crippen LogP contribution is -2.46. The van der Waals surface area contributed by atoms with Gasteiger partial charge >= 0.3 is 0 Å². The lowest BCUT2D eigenvalue weighted by molar-refractivity contribution is -0.133. The van der Waals surface area contributed by atoms with E-state index in [4.69, 9.17) is 10.5 Å². The molecule has 2 atom stereocenters. The van der Waals surface area contributed by atoms with E-state index in [1.165, 1.54) is 12.8 Å². The lowest BCUT2D eigenvalue weighted by Gasteiger charge is -2.23. The van der Waals surface area contributed by atoms with Crippen molar-refractivity contribution in [1.29, 1.82) is 0 Å². The molecule has 0 aromatic rings. The van der Waals surface area contributed by atoms with Crippen LogP contribution in [0.2, 0.25) is 0 Å². The molecule has 0 radical (unpaired) electrons. The Bertz CT molecular complexity index is 227. The first kappa shape index (κ1) is 16.7. The largest absolute Gasteiger partial charge is 0.383 e. The van der Waals surface area contributed by atoms with Crippen molar-refractivity contribution in [3.63, 3.8) is 0 Å². The minimum atomic E-state index is -0.497. The number of carbonyl (C=O) groups excluding carboxylic acids is 1. The molecule has 2 N–H and O–H groups in total. The Labute approximate surface area is 110 Å². The van der Waals surface area contributed by atoms with Crippen molar-refractivity contribution in [3.05, 3.63) is 0 Å². The summed E-state index contributed by atoms with van der Waals surface area (Å²) in [4.78, 5) is 13.9. The number of amides is 1. The van der Waals surface area contributed by atoms with Gasteiger partial charge in [0.15, 0.2) is 0 Å². The number of nitrogens with two attached hydrogens (primary N) is 1. The van der Waals surface area contributed by atoms with E-state index in [9.17, 15) is 4.79 Å². The first-order valence-electron chi connectivity index (χ1n) is 6.22. The van der Waals surface area contributed by atoms with Crippen LogP contribution in [0, 0.1) is 5.92 Å². The molecular formula is C12H25ClN2O2. The van der Waals surface area contributed by atoms with Gasteiger partial charge in [-0.05, 0) is 25.2 Å². The number of ether oxygens (including phenoxy) is 1. The minimum Gasteiger partial charge on any atom is -0.383 e. The van der Waals surface area contributed by atoms with E-state index < -0.39 is 6.04 Å². The zero-order valence-corrected chi connectivity index (χ0v) is 11.7. The molecule has 0 bridgehead atoms. The Morgan fingerprint density at radius 3 is 2.76 bits per heavy atom. The Morgan fingerprint density at radius 2 is 2.18 bits per heavy atom. The number of carbonyl (C=O) groups is 1. The number of likely N-dealkylation sites (tertiary alicyclic amines) is 1. The molecule has 1 saturated heterocycles. The molecular weight excluding hydrogens is 240 g/mol. The SMILES string of the molecule is CCC1CCCN(C(=O)C(N)COC)CC1.Cl. The van der Waals surface area contributed by atoms with Gasteiger partial charge in [-0.1, -0.05) is 13.3 Å². The molecule has 4 nitrogen and oxygen atoms in total. The van der Waals surface area contributed by atoms with Gasteiger partial charge in [-0.25, -0.2) is 0 Å². The fourth-order valence-electron chi connectivity index (χ4n) is 2.28. The highest BCUT2D eigenvalue weighted by molar-refractivity contribution is 5.85. The second-order valence-electron chi connectivity index (χ2n) is 4.59. The number of methoxy groups -OCH3 is 1. The van der Waals surface area contributed by atoms with Crippen molar-refractivity contribution in [2.24, 2.45) is 11.7 Å². The minimum absolute atomic E-state index is 0. The third-order valence-electron chi connectivity index (χ3n) is 3.40. The number of nitrogens with zero attached hydrogens (tertiary/aromatic N) is 1.